The average molecular weight is 257 g/mol. The number of rotatable bonds is 3. The van der Waals surface area contributed by atoms with E-state index in [1.165, 1.54) is 4.90 Å². The van der Waals surface area contributed by atoms with Crippen LogP contribution in [-0.4, -0.2) is 52.6 Å². The Balaban J connectivity index is 2.77. The van der Waals surface area contributed by atoms with Crippen molar-refractivity contribution in [2.24, 2.45) is 0 Å². The number of carbonyl (C=O) groups excluding carboxylic acids is 2. The molecule has 1 aliphatic heterocycles. The smallest absolute Gasteiger partial charge is 0.326 e. The Morgan fingerprint density at radius 3 is 2.67 bits per heavy atom. The van der Waals surface area contributed by atoms with Gasteiger partial charge in [0.1, 0.15) is 11.6 Å². The van der Waals surface area contributed by atoms with Crippen LogP contribution >= 0.6 is 0 Å². The number of carboxylic acids is 1. The standard InChI is InChI=1S/C11H19N3O4/c1-4-7(8(15)16)13-10(18)14-6-5-12-9(17)11(14,2)3/h7H,4-6H2,1-3H3,(H,12,17)(H,13,18)(H,15,16)/t7-/m1/s1. The van der Waals surface area contributed by atoms with Gasteiger partial charge in [-0.25, -0.2) is 9.59 Å². The molecule has 1 fully saturated rings. The van der Waals surface area contributed by atoms with Crippen LogP contribution in [0.4, 0.5) is 4.79 Å². The summed E-state index contributed by atoms with van der Waals surface area (Å²) in [6, 6.07) is -1.46. The molecule has 0 unspecified atom stereocenters. The molecule has 0 spiro atoms. The van der Waals surface area contributed by atoms with Crippen LogP contribution < -0.4 is 10.6 Å². The van der Waals surface area contributed by atoms with E-state index in [2.05, 4.69) is 10.6 Å². The van der Waals surface area contributed by atoms with Crippen molar-refractivity contribution >= 4 is 17.9 Å². The molecule has 1 rings (SSSR count). The summed E-state index contributed by atoms with van der Waals surface area (Å²) in [5.74, 6) is -1.32. The van der Waals surface area contributed by atoms with Gasteiger partial charge < -0.3 is 20.6 Å². The third kappa shape index (κ3) is 2.72. The molecule has 1 aliphatic rings. The molecule has 102 valence electrons. The molecule has 0 aromatic rings. The second-order valence-corrected chi connectivity index (χ2v) is 4.72. The molecule has 1 saturated heterocycles. The summed E-state index contributed by atoms with van der Waals surface area (Å²) in [5.41, 5.74) is -0.973. The fourth-order valence-electron chi connectivity index (χ4n) is 1.82. The number of piperazine rings is 1. The number of hydrogen-bond acceptors (Lipinski definition) is 3. The van der Waals surface area contributed by atoms with E-state index in [9.17, 15) is 14.4 Å². The first-order valence-corrected chi connectivity index (χ1v) is 5.90. The number of nitrogens with one attached hydrogen (secondary N) is 2. The zero-order chi connectivity index (χ0) is 13.9. The summed E-state index contributed by atoms with van der Waals surface area (Å²) in [4.78, 5) is 35.9. The van der Waals surface area contributed by atoms with Crippen LogP contribution in [0.1, 0.15) is 27.2 Å². The molecule has 0 bridgehead atoms. The lowest BCUT2D eigenvalue weighted by Crippen LogP contribution is -2.66. The van der Waals surface area contributed by atoms with Crippen molar-refractivity contribution in [3.05, 3.63) is 0 Å². The highest BCUT2D eigenvalue weighted by Crippen LogP contribution is 2.17. The first-order chi connectivity index (χ1) is 8.30. The van der Waals surface area contributed by atoms with Crippen LogP contribution in [-0.2, 0) is 9.59 Å². The lowest BCUT2D eigenvalue weighted by atomic mass is 9.99. The number of aliphatic carboxylic acids is 1. The molecule has 0 aromatic heterocycles. The van der Waals surface area contributed by atoms with Crippen LogP contribution in [0.3, 0.4) is 0 Å². The van der Waals surface area contributed by atoms with E-state index < -0.39 is 23.6 Å². The Morgan fingerprint density at radius 2 is 2.17 bits per heavy atom. The van der Waals surface area contributed by atoms with Gasteiger partial charge in [0.15, 0.2) is 0 Å². The van der Waals surface area contributed by atoms with Crippen molar-refractivity contribution in [1.29, 1.82) is 0 Å². The van der Waals surface area contributed by atoms with Crippen molar-refractivity contribution < 1.29 is 19.5 Å². The van der Waals surface area contributed by atoms with Crippen LogP contribution in [0.15, 0.2) is 0 Å². The highest BCUT2D eigenvalue weighted by atomic mass is 16.4. The number of urea groups is 1. The summed E-state index contributed by atoms with van der Waals surface area (Å²) in [5, 5.41) is 14.0. The van der Waals surface area contributed by atoms with Crippen molar-refractivity contribution in [1.82, 2.24) is 15.5 Å². The largest absolute Gasteiger partial charge is 0.480 e. The molecule has 7 heteroatoms. The van der Waals surface area contributed by atoms with Gasteiger partial charge in [0, 0.05) is 13.1 Å². The molecule has 0 saturated carbocycles. The van der Waals surface area contributed by atoms with Gasteiger partial charge in [-0.15, -0.1) is 0 Å². The van der Waals surface area contributed by atoms with E-state index in [0.29, 0.717) is 19.5 Å². The van der Waals surface area contributed by atoms with Gasteiger partial charge in [-0.05, 0) is 20.3 Å². The molecule has 7 nitrogen and oxygen atoms in total. The third-order valence-corrected chi connectivity index (χ3v) is 3.10. The van der Waals surface area contributed by atoms with Crippen LogP contribution in [0.25, 0.3) is 0 Å². The normalized spacial score (nSPS) is 19.9. The highest BCUT2D eigenvalue weighted by molar-refractivity contribution is 5.92. The minimum Gasteiger partial charge on any atom is -0.480 e. The van der Waals surface area contributed by atoms with E-state index in [0.717, 1.165) is 0 Å². The molecule has 0 aliphatic carbocycles. The molecule has 3 N–H and O–H groups in total. The number of nitrogens with zero attached hydrogens (tertiary/aromatic N) is 1. The lowest BCUT2D eigenvalue weighted by molar-refractivity contribution is -0.139. The first-order valence-electron chi connectivity index (χ1n) is 5.90. The zero-order valence-electron chi connectivity index (χ0n) is 10.8. The molecular weight excluding hydrogens is 238 g/mol. The van der Waals surface area contributed by atoms with Gasteiger partial charge in [-0.1, -0.05) is 6.92 Å². The quantitative estimate of drug-likeness (QED) is 0.650. The van der Waals surface area contributed by atoms with Crippen LogP contribution in [0, 0.1) is 0 Å². The van der Waals surface area contributed by atoms with Crippen molar-refractivity contribution in [3.63, 3.8) is 0 Å². The fourth-order valence-corrected chi connectivity index (χ4v) is 1.82. The maximum absolute atomic E-state index is 12.0. The first kappa shape index (κ1) is 14.3. The monoisotopic (exact) mass is 257 g/mol. The highest BCUT2D eigenvalue weighted by Gasteiger charge is 2.41. The predicted octanol–water partition coefficient (Wildman–Crippen LogP) is -0.230. The van der Waals surface area contributed by atoms with Gasteiger partial charge in [0.05, 0.1) is 0 Å². The van der Waals surface area contributed by atoms with E-state index >= 15 is 0 Å². The predicted molar refractivity (Wildman–Crippen MR) is 64.0 cm³/mol. The number of carboxylic acid groups (broad SMARTS) is 1. The average Bonchev–Trinajstić information content (AvgIpc) is 2.28. The minimum atomic E-state index is -1.08. The van der Waals surface area contributed by atoms with Crippen molar-refractivity contribution in [2.75, 3.05) is 13.1 Å². The maximum atomic E-state index is 12.0. The molecule has 0 aromatic carbocycles. The fraction of sp³-hybridized carbons (Fsp3) is 0.727. The summed E-state index contributed by atoms with van der Waals surface area (Å²) in [6.07, 6.45) is 0.293. The lowest BCUT2D eigenvalue weighted by Gasteiger charge is -2.41. The van der Waals surface area contributed by atoms with Gasteiger partial charge in [-0.2, -0.15) is 0 Å². The zero-order valence-corrected chi connectivity index (χ0v) is 10.8. The van der Waals surface area contributed by atoms with Gasteiger partial charge in [0.25, 0.3) is 0 Å². The Bertz CT molecular complexity index is 367. The summed E-state index contributed by atoms with van der Waals surface area (Å²) < 4.78 is 0. The molecule has 1 heterocycles. The Labute approximate surface area is 106 Å². The second kappa shape index (κ2) is 5.24. The van der Waals surface area contributed by atoms with Crippen LogP contribution in [0.2, 0.25) is 0 Å². The summed E-state index contributed by atoms with van der Waals surface area (Å²) in [6.45, 7) is 5.67. The van der Waals surface area contributed by atoms with Gasteiger partial charge in [-0.3, -0.25) is 4.79 Å². The van der Waals surface area contributed by atoms with Crippen molar-refractivity contribution in [3.8, 4) is 0 Å². The molecule has 1 atom stereocenters. The Morgan fingerprint density at radius 1 is 1.56 bits per heavy atom. The van der Waals surface area contributed by atoms with E-state index in [1.54, 1.807) is 20.8 Å². The Kier molecular flexibility index (Phi) is 4.15. The number of carbonyl (C=O) groups is 3. The van der Waals surface area contributed by atoms with Gasteiger partial charge in [0.2, 0.25) is 5.91 Å². The third-order valence-electron chi connectivity index (χ3n) is 3.10. The van der Waals surface area contributed by atoms with E-state index in [4.69, 9.17) is 5.11 Å². The second-order valence-electron chi connectivity index (χ2n) is 4.72. The molecule has 0 radical (unpaired) electrons. The Hall–Kier alpha value is -1.79. The van der Waals surface area contributed by atoms with Crippen molar-refractivity contribution in [2.45, 2.75) is 38.8 Å². The molecule has 18 heavy (non-hydrogen) atoms. The van der Waals surface area contributed by atoms with Crippen LogP contribution in [0.5, 0.6) is 0 Å². The van der Waals surface area contributed by atoms with E-state index in [-0.39, 0.29) is 5.91 Å². The maximum Gasteiger partial charge on any atom is 0.326 e. The topological polar surface area (TPSA) is 98.7 Å². The molecule has 3 amide bonds. The van der Waals surface area contributed by atoms with Gasteiger partial charge >= 0.3 is 12.0 Å². The summed E-state index contributed by atoms with van der Waals surface area (Å²) >= 11 is 0. The minimum absolute atomic E-state index is 0.243. The molecular formula is C11H19N3O4. The summed E-state index contributed by atoms with van der Waals surface area (Å²) in [7, 11) is 0. The SMILES string of the molecule is CC[C@@H](NC(=O)N1CCNC(=O)C1(C)C)C(=O)O. The number of amides is 3. The van der Waals surface area contributed by atoms with E-state index in [1.807, 2.05) is 0 Å². The number of hydrogen-bond donors (Lipinski definition) is 3.